The lowest BCUT2D eigenvalue weighted by atomic mass is 9.99. The van der Waals surface area contributed by atoms with Crippen LogP contribution in [0.3, 0.4) is 0 Å². The van der Waals surface area contributed by atoms with Gasteiger partial charge < -0.3 is 11.5 Å². The van der Waals surface area contributed by atoms with E-state index in [1.54, 1.807) is 0 Å². The molecule has 1 aromatic carbocycles. The van der Waals surface area contributed by atoms with E-state index in [1.165, 1.54) is 5.56 Å². The topological polar surface area (TPSA) is 52.0 Å². The Kier molecular flexibility index (Phi) is 2.71. The van der Waals surface area contributed by atoms with Crippen LogP contribution in [0.25, 0.3) is 0 Å². The second kappa shape index (κ2) is 3.59. The molecule has 0 spiro atoms. The van der Waals surface area contributed by atoms with E-state index >= 15 is 0 Å². The van der Waals surface area contributed by atoms with Gasteiger partial charge in [0.1, 0.15) is 0 Å². The van der Waals surface area contributed by atoms with E-state index in [-0.39, 0.29) is 0 Å². The molecule has 0 heterocycles. The molecule has 0 saturated heterocycles. The predicted octanol–water partition coefficient (Wildman–Crippen LogP) is 1.64. The van der Waals surface area contributed by atoms with E-state index in [0.29, 0.717) is 12.5 Å². The quantitative estimate of drug-likeness (QED) is 0.653. The Morgan fingerprint density at radius 3 is 2.58 bits per heavy atom. The van der Waals surface area contributed by atoms with Gasteiger partial charge in [-0.15, -0.1) is 0 Å². The van der Waals surface area contributed by atoms with Gasteiger partial charge in [-0.05, 0) is 36.6 Å². The highest BCUT2D eigenvalue weighted by atomic mass is 14.6. The molecule has 0 saturated carbocycles. The molecule has 1 aromatic rings. The van der Waals surface area contributed by atoms with Gasteiger partial charge in [0.05, 0.1) is 0 Å². The van der Waals surface area contributed by atoms with Crippen LogP contribution in [0.5, 0.6) is 0 Å². The van der Waals surface area contributed by atoms with Crippen LogP contribution in [0.15, 0.2) is 18.2 Å². The lowest BCUT2D eigenvalue weighted by Gasteiger charge is -2.10. The molecule has 1 rings (SSSR count). The molecule has 2 heteroatoms. The number of hydrogen-bond donors (Lipinski definition) is 2. The maximum absolute atomic E-state index is 5.77. The number of hydrogen-bond acceptors (Lipinski definition) is 2. The second-order valence-electron chi connectivity index (χ2n) is 3.25. The van der Waals surface area contributed by atoms with Crippen LogP contribution in [0.2, 0.25) is 0 Å². The molecule has 0 fully saturated rings. The van der Waals surface area contributed by atoms with E-state index in [0.717, 1.165) is 11.3 Å². The van der Waals surface area contributed by atoms with Crippen molar-refractivity contribution >= 4 is 5.69 Å². The average molecular weight is 164 g/mol. The monoisotopic (exact) mass is 164 g/mol. The lowest BCUT2D eigenvalue weighted by molar-refractivity contribution is 0.774. The summed E-state index contributed by atoms with van der Waals surface area (Å²) in [7, 11) is 0. The van der Waals surface area contributed by atoms with Crippen LogP contribution in [0.1, 0.15) is 24.0 Å². The van der Waals surface area contributed by atoms with Crippen molar-refractivity contribution < 1.29 is 0 Å². The van der Waals surface area contributed by atoms with Crippen LogP contribution in [0, 0.1) is 6.92 Å². The summed E-state index contributed by atoms with van der Waals surface area (Å²) < 4.78 is 0. The molecular weight excluding hydrogens is 148 g/mol. The summed E-state index contributed by atoms with van der Waals surface area (Å²) in [6, 6.07) is 6.13. The first-order valence-corrected chi connectivity index (χ1v) is 4.21. The van der Waals surface area contributed by atoms with Crippen LogP contribution < -0.4 is 11.5 Å². The normalized spacial score (nSPS) is 12.9. The van der Waals surface area contributed by atoms with Crippen molar-refractivity contribution in [3.8, 4) is 0 Å². The second-order valence-corrected chi connectivity index (χ2v) is 3.25. The first kappa shape index (κ1) is 9.07. The molecule has 0 aliphatic heterocycles. The molecule has 0 aliphatic rings. The van der Waals surface area contributed by atoms with Crippen LogP contribution in [-0.4, -0.2) is 6.54 Å². The van der Waals surface area contributed by atoms with Gasteiger partial charge in [-0.25, -0.2) is 0 Å². The van der Waals surface area contributed by atoms with Crippen molar-refractivity contribution in [3.05, 3.63) is 29.3 Å². The fraction of sp³-hybridized carbons (Fsp3) is 0.400. The number of anilines is 1. The predicted molar refractivity (Wildman–Crippen MR) is 53.1 cm³/mol. The third kappa shape index (κ3) is 1.77. The molecule has 1 unspecified atom stereocenters. The molecule has 0 aliphatic carbocycles. The number of aryl methyl sites for hydroxylation is 1. The van der Waals surface area contributed by atoms with E-state index < -0.39 is 0 Å². The Morgan fingerprint density at radius 1 is 1.42 bits per heavy atom. The zero-order chi connectivity index (χ0) is 9.14. The molecule has 0 aromatic heterocycles. The van der Waals surface area contributed by atoms with Crippen molar-refractivity contribution in [2.75, 3.05) is 12.3 Å². The fourth-order valence-corrected chi connectivity index (χ4v) is 1.10. The van der Waals surface area contributed by atoms with Gasteiger partial charge in [-0.2, -0.15) is 0 Å². The number of benzene rings is 1. The van der Waals surface area contributed by atoms with Crippen molar-refractivity contribution in [2.45, 2.75) is 19.8 Å². The van der Waals surface area contributed by atoms with Crippen molar-refractivity contribution in [2.24, 2.45) is 5.73 Å². The summed E-state index contributed by atoms with van der Waals surface area (Å²) in [6.45, 7) is 4.78. The average Bonchev–Trinajstić information content (AvgIpc) is 2.08. The standard InChI is InChI=1S/C10H16N2/c1-7-3-4-9(5-10(7)12)8(2)6-11/h3-5,8H,6,11-12H2,1-2H3. The molecule has 0 bridgehead atoms. The van der Waals surface area contributed by atoms with E-state index in [2.05, 4.69) is 13.0 Å². The van der Waals surface area contributed by atoms with Crippen molar-refractivity contribution in [1.82, 2.24) is 0 Å². The zero-order valence-electron chi connectivity index (χ0n) is 7.67. The van der Waals surface area contributed by atoms with Crippen LogP contribution in [0.4, 0.5) is 5.69 Å². The maximum Gasteiger partial charge on any atom is 0.0346 e. The lowest BCUT2D eigenvalue weighted by Crippen LogP contribution is -2.09. The molecule has 0 radical (unpaired) electrons. The number of nitrogen functional groups attached to an aromatic ring is 1. The third-order valence-corrected chi connectivity index (χ3v) is 2.23. The van der Waals surface area contributed by atoms with Gasteiger partial charge in [-0.1, -0.05) is 19.1 Å². The highest BCUT2D eigenvalue weighted by Gasteiger charge is 2.03. The summed E-state index contributed by atoms with van der Waals surface area (Å²) in [4.78, 5) is 0. The summed E-state index contributed by atoms with van der Waals surface area (Å²) in [6.07, 6.45) is 0. The van der Waals surface area contributed by atoms with Crippen LogP contribution in [-0.2, 0) is 0 Å². The molecule has 12 heavy (non-hydrogen) atoms. The van der Waals surface area contributed by atoms with Crippen molar-refractivity contribution in [3.63, 3.8) is 0 Å². The fourth-order valence-electron chi connectivity index (χ4n) is 1.10. The minimum Gasteiger partial charge on any atom is -0.399 e. The SMILES string of the molecule is Cc1ccc(C(C)CN)cc1N. The summed E-state index contributed by atoms with van der Waals surface area (Å²) in [5.74, 6) is 0.396. The first-order chi connectivity index (χ1) is 5.65. The third-order valence-electron chi connectivity index (χ3n) is 2.23. The van der Waals surface area contributed by atoms with Crippen molar-refractivity contribution in [1.29, 1.82) is 0 Å². The van der Waals surface area contributed by atoms with Crippen LogP contribution >= 0.6 is 0 Å². The Labute approximate surface area is 73.6 Å². The zero-order valence-corrected chi connectivity index (χ0v) is 7.67. The summed E-state index contributed by atoms with van der Waals surface area (Å²) in [5, 5.41) is 0. The Balaban J connectivity index is 2.96. The molecule has 2 nitrogen and oxygen atoms in total. The van der Waals surface area contributed by atoms with E-state index in [9.17, 15) is 0 Å². The highest BCUT2D eigenvalue weighted by molar-refractivity contribution is 5.49. The molecule has 4 N–H and O–H groups in total. The van der Waals surface area contributed by atoms with Gasteiger partial charge in [0.25, 0.3) is 0 Å². The Hall–Kier alpha value is -1.02. The molecule has 1 atom stereocenters. The van der Waals surface area contributed by atoms with Gasteiger partial charge in [-0.3, -0.25) is 0 Å². The van der Waals surface area contributed by atoms with E-state index in [1.807, 2.05) is 19.1 Å². The first-order valence-electron chi connectivity index (χ1n) is 4.21. The molecule has 0 amide bonds. The minimum atomic E-state index is 0.396. The highest BCUT2D eigenvalue weighted by Crippen LogP contribution is 2.19. The molecular formula is C10H16N2. The van der Waals surface area contributed by atoms with E-state index in [4.69, 9.17) is 11.5 Å². The molecule has 66 valence electrons. The van der Waals surface area contributed by atoms with Gasteiger partial charge >= 0.3 is 0 Å². The summed E-state index contributed by atoms with van der Waals surface area (Å²) in [5.41, 5.74) is 14.5. The minimum absolute atomic E-state index is 0.396. The smallest absolute Gasteiger partial charge is 0.0346 e. The van der Waals surface area contributed by atoms with Gasteiger partial charge in [0.15, 0.2) is 0 Å². The largest absolute Gasteiger partial charge is 0.399 e. The Bertz CT molecular complexity index is 269. The Morgan fingerprint density at radius 2 is 2.08 bits per heavy atom. The maximum atomic E-state index is 5.77. The van der Waals surface area contributed by atoms with Gasteiger partial charge in [0, 0.05) is 5.69 Å². The van der Waals surface area contributed by atoms with Gasteiger partial charge in [0.2, 0.25) is 0 Å². The number of rotatable bonds is 2. The number of nitrogens with two attached hydrogens (primary N) is 2. The summed E-state index contributed by atoms with van der Waals surface area (Å²) >= 11 is 0.